The smallest absolute Gasteiger partial charge is 0.363 e. The van der Waals surface area contributed by atoms with Crippen LogP contribution >= 0.6 is 11.6 Å². The van der Waals surface area contributed by atoms with Gasteiger partial charge in [0, 0.05) is 5.56 Å². The molecular formula is C23H24ClNO7. The summed E-state index contributed by atoms with van der Waals surface area (Å²) in [7, 11) is 6.02. The number of nitrogens with zero attached hydrogens (tertiary/aromatic N) is 1. The molecule has 0 N–H and O–H groups in total. The van der Waals surface area contributed by atoms with Gasteiger partial charge in [-0.2, -0.15) is 0 Å². The summed E-state index contributed by atoms with van der Waals surface area (Å²) in [6, 6.07) is 6.66. The highest BCUT2D eigenvalue weighted by Crippen LogP contribution is 2.40. The first-order valence-electron chi connectivity index (χ1n) is 9.68. The van der Waals surface area contributed by atoms with Gasteiger partial charge in [-0.05, 0) is 49.8 Å². The van der Waals surface area contributed by atoms with Crippen LogP contribution in [0.25, 0.3) is 6.08 Å². The summed E-state index contributed by atoms with van der Waals surface area (Å²) in [4.78, 5) is 16.8. The number of hydrogen-bond acceptors (Lipinski definition) is 8. The molecule has 3 rings (SSSR count). The summed E-state index contributed by atoms with van der Waals surface area (Å²) < 4.78 is 32.5. The second kappa shape index (κ2) is 9.82. The summed E-state index contributed by atoms with van der Waals surface area (Å²) >= 11 is 6.37. The van der Waals surface area contributed by atoms with Crippen molar-refractivity contribution in [1.82, 2.24) is 0 Å². The lowest BCUT2D eigenvalue weighted by Gasteiger charge is -2.15. The summed E-state index contributed by atoms with van der Waals surface area (Å²) in [5.74, 6) is 1.63. The fourth-order valence-electron chi connectivity index (χ4n) is 3.07. The summed E-state index contributed by atoms with van der Waals surface area (Å²) in [6.07, 6.45) is 1.47. The minimum atomic E-state index is -0.605. The number of ether oxygens (including phenoxy) is 6. The molecule has 170 valence electrons. The molecule has 0 saturated carbocycles. The number of methoxy groups -OCH3 is 4. The first-order valence-corrected chi connectivity index (χ1v) is 10.1. The van der Waals surface area contributed by atoms with Crippen molar-refractivity contribution in [3.05, 3.63) is 46.1 Å². The molecule has 0 aromatic heterocycles. The standard InChI is InChI=1S/C23H24ClNO7/c1-12(2)31-20-15(24)7-13(9-17(20)27-3)8-16-23(26)32-22(25-16)14-10-18(28-4)21(30-6)19(11-14)29-5/h7-12H,1-6H3/b16-8-. The quantitative estimate of drug-likeness (QED) is 0.422. The first kappa shape index (κ1) is 23.3. The van der Waals surface area contributed by atoms with Gasteiger partial charge in [0.15, 0.2) is 28.7 Å². The molecule has 0 amide bonds. The lowest BCUT2D eigenvalue weighted by Crippen LogP contribution is -2.07. The second-order valence-corrected chi connectivity index (χ2v) is 7.36. The first-order chi connectivity index (χ1) is 15.3. The molecule has 0 aliphatic carbocycles. The molecule has 0 unspecified atom stereocenters. The highest BCUT2D eigenvalue weighted by atomic mass is 35.5. The molecule has 8 nitrogen and oxygen atoms in total. The largest absolute Gasteiger partial charge is 0.493 e. The predicted molar refractivity (Wildman–Crippen MR) is 120 cm³/mol. The fraction of sp³-hybridized carbons (Fsp3) is 0.304. The van der Waals surface area contributed by atoms with Gasteiger partial charge in [-0.3, -0.25) is 0 Å². The number of carbonyl (C=O) groups excluding carboxylic acids is 1. The zero-order valence-corrected chi connectivity index (χ0v) is 19.4. The van der Waals surface area contributed by atoms with Gasteiger partial charge in [-0.25, -0.2) is 9.79 Å². The Balaban J connectivity index is 2.00. The third-order valence-electron chi connectivity index (χ3n) is 4.44. The minimum Gasteiger partial charge on any atom is -0.493 e. The molecule has 0 saturated heterocycles. The van der Waals surface area contributed by atoms with Crippen LogP contribution in [0.4, 0.5) is 0 Å². The fourth-order valence-corrected chi connectivity index (χ4v) is 3.33. The van der Waals surface area contributed by atoms with Crippen LogP contribution in [-0.2, 0) is 9.53 Å². The summed E-state index contributed by atoms with van der Waals surface area (Å²) in [5.41, 5.74) is 1.20. The van der Waals surface area contributed by atoms with Crippen LogP contribution in [-0.4, -0.2) is 46.4 Å². The maximum Gasteiger partial charge on any atom is 0.363 e. The van der Waals surface area contributed by atoms with Gasteiger partial charge in [0.05, 0.1) is 39.6 Å². The maximum atomic E-state index is 12.5. The van der Waals surface area contributed by atoms with E-state index in [1.54, 1.807) is 30.3 Å². The van der Waals surface area contributed by atoms with E-state index in [1.165, 1.54) is 28.4 Å². The molecule has 1 heterocycles. The van der Waals surface area contributed by atoms with Gasteiger partial charge in [-0.1, -0.05) is 11.6 Å². The Labute approximate surface area is 191 Å². The third-order valence-corrected chi connectivity index (χ3v) is 4.72. The van der Waals surface area contributed by atoms with Crippen molar-refractivity contribution >= 4 is 29.5 Å². The van der Waals surface area contributed by atoms with Crippen LogP contribution in [0.2, 0.25) is 5.02 Å². The van der Waals surface area contributed by atoms with Crippen molar-refractivity contribution in [1.29, 1.82) is 0 Å². The topological polar surface area (TPSA) is 84.8 Å². The number of hydrogen-bond donors (Lipinski definition) is 0. The van der Waals surface area contributed by atoms with Crippen LogP contribution in [0, 0.1) is 0 Å². The Morgan fingerprint density at radius 2 is 1.50 bits per heavy atom. The van der Waals surface area contributed by atoms with E-state index < -0.39 is 5.97 Å². The van der Waals surface area contributed by atoms with Crippen LogP contribution in [0.15, 0.2) is 35.0 Å². The molecule has 0 atom stereocenters. The van der Waals surface area contributed by atoms with E-state index in [4.69, 9.17) is 40.0 Å². The van der Waals surface area contributed by atoms with Gasteiger partial charge in [0.2, 0.25) is 11.6 Å². The van der Waals surface area contributed by atoms with Crippen LogP contribution in [0.1, 0.15) is 25.0 Å². The molecule has 9 heteroatoms. The molecule has 0 fully saturated rings. The monoisotopic (exact) mass is 461 g/mol. The van der Waals surface area contributed by atoms with Crippen molar-refractivity contribution < 1.29 is 33.2 Å². The highest BCUT2D eigenvalue weighted by molar-refractivity contribution is 6.32. The summed E-state index contributed by atoms with van der Waals surface area (Å²) in [5, 5.41) is 0.352. The van der Waals surface area contributed by atoms with Gasteiger partial charge >= 0.3 is 5.97 Å². The predicted octanol–water partition coefficient (Wildman–Crippen LogP) is 4.51. The Kier molecular flexibility index (Phi) is 7.15. The molecule has 1 aliphatic rings. The minimum absolute atomic E-state index is 0.0824. The number of aliphatic imine (C=N–C) groups is 1. The van der Waals surface area contributed by atoms with E-state index in [0.29, 0.717) is 44.9 Å². The number of halogens is 1. The van der Waals surface area contributed by atoms with Gasteiger partial charge in [0.25, 0.3) is 0 Å². The molecule has 1 aliphatic heterocycles. The van der Waals surface area contributed by atoms with E-state index in [0.717, 1.165) is 0 Å². The Morgan fingerprint density at radius 3 is 2.03 bits per heavy atom. The third kappa shape index (κ3) is 4.75. The number of cyclic esters (lactones) is 1. The van der Waals surface area contributed by atoms with Gasteiger partial charge in [0.1, 0.15) is 0 Å². The molecule has 0 radical (unpaired) electrons. The molecule has 2 aromatic carbocycles. The lowest BCUT2D eigenvalue weighted by molar-refractivity contribution is -0.129. The van der Waals surface area contributed by atoms with E-state index in [-0.39, 0.29) is 17.7 Å². The van der Waals surface area contributed by atoms with Crippen LogP contribution < -0.4 is 23.7 Å². The molecule has 0 bridgehead atoms. The number of benzene rings is 2. The average molecular weight is 462 g/mol. The van der Waals surface area contributed by atoms with E-state index in [2.05, 4.69) is 4.99 Å². The van der Waals surface area contributed by atoms with Crippen molar-refractivity contribution in [2.75, 3.05) is 28.4 Å². The number of carbonyl (C=O) groups is 1. The van der Waals surface area contributed by atoms with Gasteiger partial charge < -0.3 is 28.4 Å². The molecule has 32 heavy (non-hydrogen) atoms. The van der Waals surface area contributed by atoms with E-state index >= 15 is 0 Å². The number of rotatable bonds is 8. The SMILES string of the molecule is COc1cc(/C=C2\N=C(c3cc(OC)c(OC)c(OC)c3)OC2=O)cc(Cl)c1OC(C)C. The van der Waals surface area contributed by atoms with Crippen LogP contribution in [0.3, 0.4) is 0 Å². The van der Waals surface area contributed by atoms with Crippen molar-refractivity contribution in [2.45, 2.75) is 20.0 Å². The molecular weight excluding hydrogens is 438 g/mol. The second-order valence-electron chi connectivity index (χ2n) is 6.95. The van der Waals surface area contributed by atoms with Crippen molar-refractivity contribution in [3.63, 3.8) is 0 Å². The lowest BCUT2D eigenvalue weighted by atomic mass is 10.1. The molecule has 0 spiro atoms. The van der Waals surface area contributed by atoms with E-state index in [1.807, 2.05) is 13.8 Å². The highest BCUT2D eigenvalue weighted by Gasteiger charge is 2.27. The van der Waals surface area contributed by atoms with Gasteiger partial charge in [-0.15, -0.1) is 0 Å². The Hall–Kier alpha value is -3.39. The van der Waals surface area contributed by atoms with Crippen molar-refractivity contribution in [2.24, 2.45) is 4.99 Å². The average Bonchev–Trinajstić information content (AvgIpc) is 3.14. The van der Waals surface area contributed by atoms with Crippen LogP contribution in [0.5, 0.6) is 28.7 Å². The van der Waals surface area contributed by atoms with Crippen molar-refractivity contribution in [3.8, 4) is 28.7 Å². The Morgan fingerprint density at radius 1 is 0.906 bits per heavy atom. The van der Waals surface area contributed by atoms with E-state index in [9.17, 15) is 4.79 Å². The zero-order valence-electron chi connectivity index (χ0n) is 18.6. The Bertz CT molecular complexity index is 1070. The summed E-state index contributed by atoms with van der Waals surface area (Å²) in [6.45, 7) is 3.78. The molecule has 2 aromatic rings. The maximum absolute atomic E-state index is 12.5. The zero-order chi connectivity index (χ0) is 23.4. The number of esters is 1. The normalized spacial score (nSPS) is 14.3.